The number of carbonyl (C=O) groups is 2. The average molecular weight is 489 g/mol. The van der Waals surface area contributed by atoms with Gasteiger partial charge in [0.05, 0.1) is 22.8 Å². The lowest BCUT2D eigenvalue weighted by molar-refractivity contribution is -0.119. The maximum atomic E-state index is 13.0. The number of hydrogen-bond donors (Lipinski definition) is 2. The third-order valence-electron chi connectivity index (χ3n) is 4.56. The van der Waals surface area contributed by atoms with Crippen molar-refractivity contribution in [2.45, 2.75) is 38.1 Å². The quantitative estimate of drug-likeness (QED) is 0.207. The number of rotatable bonds is 9. The van der Waals surface area contributed by atoms with E-state index in [0.717, 1.165) is 11.8 Å². The minimum Gasteiger partial charge on any atom is -0.379 e. The van der Waals surface area contributed by atoms with Crippen molar-refractivity contribution in [2.24, 2.45) is 0 Å². The van der Waals surface area contributed by atoms with Crippen LogP contribution in [0, 0.1) is 0 Å². The van der Waals surface area contributed by atoms with Gasteiger partial charge in [-0.15, -0.1) is 0 Å². The lowest BCUT2D eigenvalue weighted by atomic mass is 10.2. The number of hydrogen-bond acceptors (Lipinski definition) is 6. The summed E-state index contributed by atoms with van der Waals surface area (Å²) in [7, 11) is 0. The maximum Gasteiger partial charge on any atom is 0.269 e. The first-order valence-electron chi connectivity index (χ1n) is 10.4. The highest BCUT2D eigenvalue weighted by Gasteiger charge is 2.14. The van der Waals surface area contributed by atoms with Gasteiger partial charge in [-0.3, -0.25) is 29.8 Å². The first-order valence-corrected chi connectivity index (χ1v) is 11.8. The Hall–Kier alpha value is -2.88. The van der Waals surface area contributed by atoms with E-state index in [1.54, 1.807) is 47.0 Å². The molecule has 0 saturated heterocycles. The zero-order chi connectivity index (χ0) is 23.8. The lowest BCUT2D eigenvalue weighted by Crippen LogP contribution is -2.42. The van der Waals surface area contributed by atoms with Crippen molar-refractivity contribution in [1.82, 2.24) is 20.4 Å². The number of fused-ring (bicyclic) bond motifs is 1. The van der Waals surface area contributed by atoms with E-state index in [1.807, 2.05) is 19.9 Å². The normalized spacial score (nSPS) is 11.0. The van der Waals surface area contributed by atoms with E-state index in [2.05, 4.69) is 15.8 Å². The zero-order valence-corrected chi connectivity index (χ0v) is 19.9. The number of amides is 2. The molecule has 0 radical (unpaired) electrons. The van der Waals surface area contributed by atoms with E-state index in [4.69, 9.17) is 16.3 Å². The highest BCUT2D eigenvalue weighted by Crippen LogP contribution is 2.18. The van der Waals surface area contributed by atoms with Gasteiger partial charge in [-0.2, -0.15) is 0 Å². The molecule has 0 saturated carbocycles. The van der Waals surface area contributed by atoms with Gasteiger partial charge in [-0.05, 0) is 56.7 Å². The average Bonchev–Trinajstić information content (AvgIpc) is 2.80. The second-order valence-electron chi connectivity index (χ2n) is 7.44. The van der Waals surface area contributed by atoms with Gasteiger partial charge < -0.3 is 4.74 Å². The van der Waals surface area contributed by atoms with Crippen molar-refractivity contribution in [1.29, 1.82) is 0 Å². The summed E-state index contributed by atoms with van der Waals surface area (Å²) in [6.45, 7) is 4.84. The number of carbonyl (C=O) groups excluding carboxylic acids is 2. The molecular weight excluding hydrogens is 464 g/mol. The van der Waals surface area contributed by atoms with Gasteiger partial charge in [0.15, 0.2) is 5.16 Å². The second kappa shape index (κ2) is 11.8. The van der Waals surface area contributed by atoms with Gasteiger partial charge in [-0.25, -0.2) is 4.98 Å². The monoisotopic (exact) mass is 488 g/mol. The fourth-order valence-electron chi connectivity index (χ4n) is 2.96. The summed E-state index contributed by atoms with van der Waals surface area (Å²) in [6, 6.07) is 13.4. The van der Waals surface area contributed by atoms with Crippen LogP contribution in [0.25, 0.3) is 10.9 Å². The highest BCUT2D eigenvalue weighted by molar-refractivity contribution is 7.99. The van der Waals surface area contributed by atoms with Crippen molar-refractivity contribution >= 4 is 46.1 Å². The molecular formula is C23H25ClN4O4S. The largest absolute Gasteiger partial charge is 0.379 e. The van der Waals surface area contributed by atoms with Gasteiger partial charge in [0.2, 0.25) is 5.91 Å². The molecule has 0 fully saturated rings. The van der Waals surface area contributed by atoms with Crippen LogP contribution in [-0.4, -0.2) is 39.8 Å². The molecule has 3 aromatic rings. The third kappa shape index (κ3) is 7.05. The predicted molar refractivity (Wildman–Crippen MR) is 129 cm³/mol. The first-order chi connectivity index (χ1) is 15.8. The Kier molecular flexibility index (Phi) is 8.87. The van der Waals surface area contributed by atoms with Crippen molar-refractivity contribution in [2.75, 3.05) is 12.4 Å². The smallest absolute Gasteiger partial charge is 0.269 e. The summed E-state index contributed by atoms with van der Waals surface area (Å²) in [4.78, 5) is 42.0. The van der Waals surface area contributed by atoms with Crippen LogP contribution >= 0.6 is 23.4 Å². The second-order valence-corrected chi connectivity index (χ2v) is 8.82. The van der Waals surface area contributed by atoms with Crippen LogP contribution in [0.2, 0.25) is 5.02 Å². The van der Waals surface area contributed by atoms with E-state index in [1.165, 1.54) is 0 Å². The lowest BCUT2D eigenvalue weighted by Gasteiger charge is -2.14. The van der Waals surface area contributed by atoms with Crippen molar-refractivity contribution in [3.05, 3.63) is 69.5 Å². The Bertz CT molecular complexity index is 1180. The number of para-hydroxylation sites is 1. The van der Waals surface area contributed by atoms with E-state index in [0.29, 0.717) is 46.2 Å². The summed E-state index contributed by atoms with van der Waals surface area (Å²) in [5, 5.41) is 1.46. The summed E-state index contributed by atoms with van der Waals surface area (Å²) in [6.07, 6.45) is 0.742. The number of nitrogens with zero attached hydrogens (tertiary/aromatic N) is 2. The van der Waals surface area contributed by atoms with Gasteiger partial charge in [0, 0.05) is 23.7 Å². The molecule has 0 atom stereocenters. The molecule has 0 aliphatic heterocycles. The SMILES string of the molecule is CC(C)OCCCn1c(SCC(=O)NNC(=O)c2ccc(Cl)cc2)nc2ccccc2c1=O. The summed E-state index contributed by atoms with van der Waals surface area (Å²) in [5.74, 6) is -0.927. The van der Waals surface area contributed by atoms with Crippen LogP contribution in [0.4, 0.5) is 0 Å². The van der Waals surface area contributed by atoms with Crippen LogP contribution < -0.4 is 16.4 Å². The van der Waals surface area contributed by atoms with E-state index < -0.39 is 11.8 Å². The topological polar surface area (TPSA) is 102 Å². The molecule has 0 aliphatic carbocycles. The molecule has 10 heteroatoms. The number of aromatic nitrogens is 2. The highest BCUT2D eigenvalue weighted by atomic mass is 35.5. The maximum absolute atomic E-state index is 13.0. The third-order valence-corrected chi connectivity index (χ3v) is 5.79. The number of benzene rings is 2. The number of ether oxygens (including phenoxy) is 1. The Morgan fingerprint density at radius 3 is 2.58 bits per heavy atom. The molecule has 1 aromatic heterocycles. The summed E-state index contributed by atoms with van der Waals surface area (Å²) < 4.78 is 7.14. The van der Waals surface area contributed by atoms with Crippen molar-refractivity contribution in [3.63, 3.8) is 0 Å². The minimum atomic E-state index is -0.462. The summed E-state index contributed by atoms with van der Waals surface area (Å²) >= 11 is 6.94. The molecule has 8 nitrogen and oxygen atoms in total. The standard InChI is InChI=1S/C23H25ClN4O4S/c1-15(2)32-13-5-12-28-22(31)18-6-3-4-7-19(18)25-23(28)33-14-20(29)26-27-21(30)16-8-10-17(24)11-9-16/h3-4,6-11,15H,5,12-14H2,1-2H3,(H,26,29)(H,27,30). The van der Waals surface area contributed by atoms with Crippen molar-refractivity contribution in [3.8, 4) is 0 Å². The fraction of sp³-hybridized carbons (Fsp3) is 0.304. The van der Waals surface area contributed by atoms with Crippen LogP contribution in [0.1, 0.15) is 30.6 Å². The number of thioether (sulfide) groups is 1. The van der Waals surface area contributed by atoms with E-state index in [-0.39, 0.29) is 17.4 Å². The molecule has 1 heterocycles. The number of halogens is 1. The Balaban J connectivity index is 1.65. The molecule has 0 spiro atoms. The molecule has 33 heavy (non-hydrogen) atoms. The fourth-order valence-corrected chi connectivity index (χ4v) is 3.91. The van der Waals surface area contributed by atoms with Crippen LogP contribution in [0.15, 0.2) is 58.5 Å². The molecule has 2 aromatic carbocycles. The Morgan fingerprint density at radius 1 is 1.12 bits per heavy atom. The number of hydrazine groups is 1. The van der Waals surface area contributed by atoms with E-state index in [9.17, 15) is 14.4 Å². The molecule has 174 valence electrons. The first kappa shape index (κ1) is 24.8. The van der Waals surface area contributed by atoms with Gasteiger partial charge in [0.1, 0.15) is 0 Å². The molecule has 0 aliphatic rings. The van der Waals surface area contributed by atoms with Crippen LogP contribution in [-0.2, 0) is 16.1 Å². The minimum absolute atomic E-state index is 0.0336. The van der Waals surface area contributed by atoms with Gasteiger partial charge in [-0.1, -0.05) is 35.5 Å². The Labute approximate surface area is 200 Å². The molecule has 0 unspecified atom stereocenters. The molecule has 3 rings (SSSR count). The predicted octanol–water partition coefficient (Wildman–Crippen LogP) is 3.42. The Morgan fingerprint density at radius 2 is 1.85 bits per heavy atom. The molecule has 0 bridgehead atoms. The summed E-state index contributed by atoms with van der Waals surface area (Å²) in [5.41, 5.74) is 5.50. The van der Waals surface area contributed by atoms with Crippen LogP contribution in [0.5, 0.6) is 0 Å². The van der Waals surface area contributed by atoms with Gasteiger partial charge in [0.25, 0.3) is 11.5 Å². The van der Waals surface area contributed by atoms with Gasteiger partial charge >= 0.3 is 0 Å². The van der Waals surface area contributed by atoms with Crippen molar-refractivity contribution < 1.29 is 14.3 Å². The zero-order valence-electron chi connectivity index (χ0n) is 18.3. The molecule has 2 N–H and O–H groups in total. The molecule has 2 amide bonds. The van der Waals surface area contributed by atoms with Crippen LogP contribution in [0.3, 0.4) is 0 Å². The van der Waals surface area contributed by atoms with E-state index >= 15 is 0 Å². The number of nitrogens with one attached hydrogen (secondary N) is 2.